The fourth-order valence-corrected chi connectivity index (χ4v) is 6.21. The molecule has 1 fully saturated rings. The lowest BCUT2D eigenvalue weighted by Crippen LogP contribution is -2.61. The summed E-state index contributed by atoms with van der Waals surface area (Å²) < 4.78 is 100. The molecular weight excluding hydrogens is 731 g/mol. The number of sulfonamides is 1. The van der Waals surface area contributed by atoms with Crippen LogP contribution in [0.15, 0.2) is 66.7 Å². The number of alkyl halides is 6. The molecule has 3 aromatic carbocycles. The van der Waals surface area contributed by atoms with Gasteiger partial charge in [0.25, 0.3) is 5.91 Å². The zero-order valence-electron chi connectivity index (χ0n) is 25.3. The second-order valence-corrected chi connectivity index (χ2v) is 13.5. The molecule has 0 aliphatic carbocycles. The van der Waals surface area contributed by atoms with Gasteiger partial charge in [-0.2, -0.15) is 26.3 Å². The Kier molecular flexibility index (Phi) is 12.2. The van der Waals surface area contributed by atoms with Gasteiger partial charge in [-0.1, -0.05) is 47.5 Å². The molecule has 1 saturated heterocycles. The van der Waals surface area contributed by atoms with Crippen LogP contribution in [0.25, 0.3) is 0 Å². The van der Waals surface area contributed by atoms with Crippen LogP contribution >= 0.6 is 23.2 Å². The number of carboxylic acid groups (broad SMARTS) is 2. The van der Waals surface area contributed by atoms with Gasteiger partial charge in [0.05, 0.1) is 29.6 Å². The summed E-state index contributed by atoms with van der Waals surface area (Å²) in [4.78, 5) is 34.7. The normalized spacial score (nSPS) is 14.7. The second kappa shape index (κ2) is 15.2. The lowest BCUT2D eigenvalue weighted by Gasteiger charge is -2.49. The first-order valence-electron chi connectivity index (χ1n) is 13.8. The van der Waals surface area contributed by atoms with Crippen molar-refractivity contribution in [3.8, 4) is 0 Å². The third-order valence-electron chi connectivity index (χ3n) is 7.04. The van der Waals surface area contributed by atoms with Gasteiger partial charge in [-0.15, -0.1) is 0 Å². The number of hydrogen-bond acceptors (Lipinski definition) is 6. The topological polar surface area (TPSA) is 144 Å². The number of nitrogens with one attached hydrogen (secondary N) is 1. The summed E-state index contributed by atoms with van der Waals surface area (Å²) >= 11 is 12.1. The standard InChI is InChI=1S/C28H26Cl2F3N3O5S.C2HF3O2/c1-16(27(38)39)34-26(37)19-11-20(28(31,32)33)13-23(12-19)36(42(2,40)41)24-14-35(15-24)25(17-3-7-21(29)8-4-17)18-5-9-22(30)10-6-18;3-2(4,5)1(6)7/h3-13,16,24-25H,14-15H2,1-2H3,(H,34,37)(H,38,39);(H,6,7)/t16-;/m0./s1. The molecule has 0 radical (unpaired) electrons. The molecule has 0 spiro atoms. The molecule has 1 heterocycles. The Balaban J connectivity index is 0.000000838. The van der Waals surface area contributed by atoms with E-state index in [0.717, 1.165) is 34.7 Å². The smallest absolute Gasteiger partial charge is 0.480 e. The molecule has 3 N–H and O–H groups in total. The molecular formula is C30H27Cl2F6N3O7S. The molecule has 19 heteroatoms. The number of hydrogen-bond donors (Lipinski definition) is 3. The van der Waals surface area contributed by atoms with E-state index in [1.807, 2.05) is 29.2 Å². The minimum atomic E-state index is -5.08. The van der Waals surface area contributed by atoms with E-state index in [2.05, 4.69) is 5.32 Å². The Morgan fingerprint density at radius 2 is 1.33 bits per heavy atom. The number of benzene rings is 3. The second-order valence-electron chi connectivity index (χ2n) is 10.8. The summed E-state index contributed by atoms with van der Waals surface area (Å²) in [5, 5.41) is 19.4. The molecule has 0 aromatic heterocycles. The molecule has 4 rings (SSSR count). The fraction of sp³-hybridized carbons (Fsp3) is 0.300. The molecule has 49 heavy (non-hydrogen) atoms. The molecule has 3 aromatic rings. The van der Waals surface area contributed by atoms with E-state index in [4.69, 9.17) is 38.2 Å². The Bertz CT molecular complexity index is 1740. The predicted molar refractivity (Wildman–Crippen MR) is 167 cm³/mol. The molecule has 1 aliphatic rings. The molecule has 1 amide bonds. The summed E-state index contributed by atoms with van der Waals surface area (Å²) in [5.74, 6) is -5.24. The van der Waals surface area contributed by atoms with Gasteiger partial charge in [0.1, 0.15) is 6.04 Å². The van der Waals surface area contributed by atoms with Crippen LogP contribution in [0.1, 0.15) is 40.0 Å². The van der Waals surface area contributed by atoms with Crippen molar-refractivity contribution in [2.45, 2.75) is 37.4 Å². The maximum Gasteiger partial charge on any atom is 0.490 e. The van der Waals surface area contributed by atoms with E-state index >= 15 is 0 Å². The molecule has 10 nitrogen and oxygen atoms in total. The third kappa shape index (κ3) is 10.5. The lowest BCUT2D eigenvalue weighted by molar-refractivity contribution is -0.192. The van der Waals surface area contributed by atoms with Crippen molar-refractivity contribution < 1.29 is 59.4 Å². The van der Waals surface area contributed by atoms with E-state index in [1.54, 1.807) is 24.3 Å². The van der Waals surface area contributed by atoms with Gasteiger partial charge in [-0.3, -0.25) is 18.8 Å². The fourth-order valence-electron chi connectivity index (χ4n) is 4.80. The third-order valence-corrected chi connectivity index (χ3v) is 8.77. The Labute approximate surface area is 285 Å². The summed E-state index contributed by atoms with van der Waals surface area (Å²) in [6, 6.07) is 14.0. The number of nitrogens with zero attached hydrogens (tertiary/aromatic N) is 2. The van der Waals surface area contributed by atoms with Crippen LogP contribution < -0.4 is 9.62 Å². The largest absolute Gasteiger partial charge is 0.490 e. The Morgan fingerprint density at radius 3 is 1.69 bits per heavy atom. The van der Waals surface area contributed by atoms with Crippen LogP contribution in [0.3, 0.4) is 0 Å². The minimum absolute atomic E-state index is 0.150. The Morgan fingerprint density at radius 1 is 0.878 bits per heavy atom. The molecule has 0 unspecified atom stereocenters. The number of amides is 1. The molecule has 1 atom stereocenters. The van der Waals surface area contributed by atoms with Gasteiger partial charge < -0.3 is 15.5 Å². The van der Waals surface area contributed by atoms with Gasteiger partial charge >= 0.3 is 24.3 Å². The summed E-state index contributed by atoms with van der Waals surface area (Å²) in [5.41, 5.74) is -0.427. The van der Waals surface area contributed by atoms with Crippen molar-refractivity contribution >= 4 is 56.8 Å². The molecule has 0 saturated carbocycles. The van der Waals surface area contributed by atoms with Crippen molar-refractivity contribution in [3.63, 3.8) is 0 Å². The van der Waals surface area contributed by atoms with E-state index < -0.39 is 63.4 Å². The summed E-state index contributed by atoms with van der Waals surface area (Å²) in [6.07, 6.45) is -9.12. The maximum atomic E-state index is 13.8. The predicted octanol–water partition coefficient (Wildman–Crippen LogP) is 6.09. The quantitative estimate of drug-likeness (QED) is 0.223. The lowest BCUT2D eigenvalue weighted by atomic mass is 9.93. The summed E-state index contributed by atoms with van der Waals surface area (Å²) in [6.45, 7) is 1.45. The van der Waals surface area contributed by atoms with Crippen molar-refractivity contribution in [1.82, 2.24) is 10.2 Å². The first kappa shape index (κ1) is 39.4. The van der Waals surface area contributed by atoms with E-state index in [9.17, 15) is 44.3 Å². The molecule has 0 bridgehead atoms. The van der Waals surface area contributed by atoms with Crippen molar-refractivity contribution in [2.24, 2.45) is 0 Å². The van der Waals surface area contributed by atoms with Gasteiger partial charge in [0.15, 0.2) is 0 Å². The first-order chi connectivity index (χ1) is 22.5. The highest BCUT2D eigenvalue weighted by molar-refractivity contribution is 7.92. The van der Waals surface area contributed by atoms with Crippen LogP contribution in [0.2, 0.25) is 10.0 Å². The monoisotopic (exact) mass is 757 g/mol. The van der Waals surface area contributed by atoms with Gasteiger partial charge in [0.2, 0.25) is 10.0 Å². The highest BCUT2D eigenvalue weighted by Crippen LogP contribution is 2.39. The van der Waals surface area contributed by atoms with E-state index in [1.165, 1.54) is 0 Å². The van der Waals surface area contributed by atoms with Crippen LogP contribution in [0, 0.1) is 0 Å². The number of rotatable bonds is 9. The number of carbonyl (C=O) groups is 3. The Hall–Kier alpha value is -4.06. The van der Waals surface area contributed by atoms with Gasteiger partial charge in [0, 0.05) is 28.7 Å². The van der Waals surface area contributed by atoms with Crippen molar-refractivity contribution in [2.75, 3.05) is 23.7 Å². The van der Waals surface area contributed by atoms with Crippen LogP contribution in [-0.2, 0) is 25.8 Å². The van der Waals surface area contributed by atoms with Crippen LogP contribution in [0.4, 0.5) is 32.0 Å². The highest BCUT2D eigenvalue weighted by Gasteiger charge is 2.42. The number of carboxylic acids is 2. The summed E-state index contributed by atoms with van der Waals surface area (Å²) in [7, 11) is -4.13. The number of halogens is 8. The molecule has 1 aliphatic heterocycles. The van der Waals surface area contributed by atoms with E-state index in [0.29, 0.717) is 22.2 Å². The zero-order chi connectivity index (χ0) is 37.1. The van der Waals surface area contributed by atoms with Crippen molar-refractivity contribution in [3.05, 3.63) is 99.0 Å². The number of aliphatic carboxylic acids is 2. The highest BCUT2D eigenvalue weighted by atomic mass is 35.5. The number of anilines is 1. The average Bonchev–Trinajstić information content (AvgIpc) is 2.96. The minimum Gasteiger partial charge on any atom is -0.480 e. The van der Waals surface area contributed by atoms with E-state index in [-0.39, 0.29) is 24.8 Å². The SMILES string of the molecule is C[C@H](NC(=O)c1cc(N(C2CN(C(c3ccc(Cl)cc3)c3ccc(Cl)cc3)C2)S(C)(=O)=O)cc(C(F)(F)F)c1)C(=O)O.O=C(O)C(F)(F)F. The number of carbonyl (C=O) groups excluding carboxylic acids is 1. The van der Waals surface area contributed by atoms with Gasteiger partial charge in [-0.05, 0) is 60.5 Å². The molecule has 266 valence electrons. The van der Waals surface area contributed by atoms with Crippen LogP contribution in [0.5, 0.6) is 0 Å². The number of likely N-dealkylation sites (tertiary alicyclic amines) is 1. The van der Waals surface area contributed by atoms with Crippen molar-refractivity contribution in [1.29, 1.82) is 0 Å². The first-order valence-corrected chi connectivity index (χ1v) is 16.4. The van der Waals surface area contributed by atoms with Gasteiger partial charge in [-0.25, -0.2) is 13.2 Å². The average molecular weight is 759 g/mol. The zero-order valence-corrected chi connectivity index (χ0v) is 27.6. The maximum absolute atomic E-state index is 13.8. The van der Waals surface area contributed by atoms with Crippen LogP contribution in [-0.4, -0.2) is 79.0 Å².